The standard InChI is InChI=1S/C22H17NO3S3/c1-25-18-10-6-5-9-17(18)23-21(24)19(29-22(23)27)13-16-11-12-20(26-16)28-14-15-7-3-2-4-8-15/h2-13H,14H2,1H3/b19-13-. The summed E-state index contributed by atoms with van der Waals surface area (Å²) in [5.74, 6) is 1.87. The number of amides is 1. The Morgan fingerprint density at radius 2 is 1.86 bits per heavy atom. The fourth-order valence-electron chi connectivity index (χ4n) is 2.84. The Balaban J connectivity index is 1.50. The molecule has 0 bridgehead atoms. The number of furan rings is 1. The van der Waals surface area contributed by atoms with Gasteiger partial charge in [-0.05, 0) is 29.8 Å². The molecule has 0 atom stereocenters. The Kier molecular flexibility index (Phi) is 6.08. The molecular formula is C22H17NO3S3. The van der Waals surface area contributed by atoms with Crippen LogP contribution >= 0.6 is 35.7 Å². The van der Waals surface area contributed by atoms with Crippen LogP contribution in [-0.2, 0) is 10.5 Å². The molecule has 0 radical (unpaired) electrons. The second kappa shape index (κ2) is 8.90. The van der Waals surface area contributed by atoms with Crippen LogP contribution in [-0.4, -0.2) is 17.3 Å². The van der Waals surface area contributed by atoms with E-state index in [1.54, 1.807) is 31.0 Å². The SMILES string of the molecule is COc1ccccc1N1C(=O)/C(=C/c2ccc(SCc3ccccc3)o2)SC1=S. The maximum atomic E-state index is 13.0. The highest BCUT2D eigenvalue weighted by Gasteiger charge is 2.35. The molecule has 0 aliphatic carbocycles. The van der Waals surface area contributed by atoms with Gasteiger partial charge in [-0.3, -0.25) is 9.69 Å². The summed E-state index contributed by atoms with van der Waals surface area (Å²) in [4.78, 5) is 15.0. The maximum Gasteiger partial charge on any atom is 0.271 e. The van der Waals surface area contributed by atoms with Gasteiger partial charge in [-0.2, -0.15) is 0 Å². The van der Waals surface area contributed by atoms with Crippen LogP contribution in [0.5, 0.6) is 5.75 Å². The van der Waals surface area contributed by atoms with Gasteiger partial charge in [0.2, 0.25) is 0 Å². The molecule has 0 spiro atoms. The molecule has 1 aliphatic rings. The molecule has 1 aromatic heterocycles. The zero-order valence-corrected chi connectivity index (χ0v) is 18.0. The lowest BCUT2D eigenvalue weighted by molar-refractivity contribution is -0.113. The van der Waals surface area contributed by atoms with Crippen molar-refractivity contribution in [2.24, 2.45) is 0 Å². The van der Waals surface area contributed by atoms with Crippen molar-refractivity contribution >= 4 is 57.7 Å². The van der Waals surface area contributed by atoms with Gasteiger partial charge < -0.3 is 9.15 Å². The van der Waals surface area contributed by atoms with Crippen LogP contribution in [0.1, 0.15) is 11.3 Å². The average Bonchev–Trinajstić information content (AvgIpc) is 3.31. The molecule has 0 N–H and O–H groups in total. The van der Waals surface area contributed by atoms with Crippen molar-refractivity contribution in [2.45, 2.75) is 10.8 Å². The van der Waals surface area contributed by atoms with Crippen LogP contribution in [0.25, 0.3) is 6.08 Å². The molecule has 2 heterocycles. The van der Waals surface area contributed by atoms with Gasteiger partial charge in [0, 0.05) is 11.8 Å². The fourth-order valence-corrected chi connectivity index (χ4v) is 4.92. The number of anilines is 1. The van der Waals surface area contributed by atoms with Crippen molar-refractivity contribution in [1.29, 1.82) is 0 Å². The number of methoxy groups -OCH3 is 1. The van der Waals surface area contributed by atoms with Crippen molar-refractivity contribution in [3.8, 4) is 5.75 Å². The van der Waals surface area contributed by atoms with Gasteiger partial charge >= 0.3 is 0 Å². The van der Waals surface area contributed by atoms with Crippen molar-refractivity contribution in [3.05, 3.63) is 83.0 Å². The van der Waals surface area contributed by atoms with Gasteiger partial charge in [0.05, 0.1) is 17.7 Å². The molecule has 4 rings (SSSR count). The number of carbonyl (C=O) groups is 1. The Hall–Kier alpha value is -2.48. The zero-order valence-electron chi connectivity index (χ0n) is 15.5. The number of thioether (sulfide) groups is 2. The van der Waals surface area contributed by atoms with E-state index in [-0.39, 0.29) is 5.91 Å². The summed E-state index contributed by atoms with van der Waals surface area (Å²) >= 11 is 8.31. The molecule has 4 nitrogen and oxygen atoms in total. The molecule has 7 heteroatoms. The number of benzene rings is 2. The van der Waals surface area contributed by atoms with Crippen LogP contribution in [0.2, 0.25) is 0 Å². The highest BCUT2D eigenvalue weighted by atomic mass is 32.2. The Labute approximate surface area is 182 Å². The molecule has 2 aromatic carbocycles. The Morgan fingerprint density at radius 1 is 1.10 bits per heavy atom. The number of hydrogen-bond acceptors (Lipinski definition) is 6. The highest BCUT2D eigenvalue weighted by Crippen LogP contribution is 2.40. The molecule has 3 aromatic rings. The zero-order chi connectivity index (χ0) is 20.2. The Morgan fingerprint density at radius 3 is 2.66 bits per heavy atom. The molecule has 29 heavy (non-hydrogen) atoms. The maximum absolute atomic E-state index is 13.0. The second-order valence-corrected chi connectivity index (χ2v) is 8.78. The summed E-state index contributed by atoms with van der Waals surface area (Å²) < 4.78 is 11.7. The number of rotatable bonds is 6. The van der Waals surface area contributed by atoms with Gasteiger partial charge in [0.1, 0.15) is 11.5 Å². The lowest BCUT2D eigenvalue weighted by Gasteiger charge is -2.17. The smallest absolute Gasteiger partial charge is 0.271 e. The van der Waals surface area contributed by atoms with E-state index in [9.17, 15) is 4.79 Å². The molecular weight excluding hydrogens is 422 g/mol. The quantitative estimate of drug-likeness (QED) is 0.267. The van der Waals surface area contributed by atoms with Crippen LogP contribution in [0.3, 0.4) is 0 Å². The van der Waals surface area contributed by atoms with E-state index < -0.39 is 0 Å². The van der Waals surface area contributed by atoms with Gasteiger partial charge in [-0.1, -0.05) is 78.2 Å². The number of ether oxygens (including phenoxy) is 1. The molecule has 0 saturated carbocycles. The molecule has 1 saturated heterocycles. The van der Waals surface area contributed by atoms with E-state index in [0.29, 0.717) is 26.4 Å². The van der Waals surface area contributed by atoms with E-state index in [4.69, 9.17) is 21.4 Å². The van der Waals surface area contributed by atoms with E-state index in [1.807, 2.05) is 48.5 Å². The van der Waals surface area contributed by atoms with Crippen molar-refractivity contribution < 1.29 is 13.9 Å². The van der Waals surface area contributed by atoms with Gasteiger partial charge in [-0.25, -0.2) is 0 Å². The van der Waals surface area contributed by atoms with E-state index in [2.05, 4.69) is 12.1 Å². The first-order chi connectivity index (χ1) is 14.2. The third kappa shape index (κ3) is 4.42. The molecule has 146 valence electrons. The minimum Gasteiger partial charge on any atom is -0.495 e. The topological polar surface area (TPSA) is 42.7 Å². The minimum absolute atomic E-state index is 0.181. The second-order valence-electron chi connectivity index (χ2n) is 6.12. The van der Waals surface area contributed by atoms with Crippen LogP contribution in [0.4, 0.5) is 5.69 Å². The van der Waals surface area contributed by atoms with E-state index >= 15 is 0 Å². The molecule has 1 aliphatic heterocycles. The monoisotopic (exact) mass is 439 g/mol. The fraction of sp³-hybridized carbons (Fsp3) is 0.0909. The number of nitrogens with zero attached hydrogens (tertiary/aromatic N) is 1. The predicted molar refractivity (Wildman–Crippen MR) is 123 cm³/mol. The number of thiocarbonyl (C=S) groups is 1. The Bertz CT molecular complexity index is 1080. The summed E-state index contributed by atoms with van der Waals surface area (Å²) in [6, 6.07) is 21.3. The molecule has 0 unspecified atom stereocenters. The summed E-state index contributed by atoms with van der Waals surface area (Å²) in [6.45, 7) is 0. The summed E-state index contributed by atoms with van der Waals surface area (Å²) in [7, 11) is 1.57. The number of carbonyl (C=O) groups excluding carboxylic acids is 1. The first-order valence-electron chi connectivity index (χ1n) is 8.83. The number of para-hydroxylation sites is 2. The largest absolute Gasteiger partial charge is 0.495 e. The highest BCUT2D eigenvalue weighted by molar-refractivity contribution is 8.27. The summed E-state index contributed by atoms with van der Waals surface area (Å²) in [5, 5.41) is 0.806. The third-order valence-electron chi connectivity index (χ3n) is 4.22. The van der Waals surface area contributed by atoms with Gasteiger partial charge in [0.25, 0.3) is 5.91 Å². The van der Waals surface area contributed by atoms with E-state index in [1.165, 1.54) is 22.2 Å². The van der Waals surface area contributed by atoms with Gasteiger partial charge in [0.15, 0.2) is 9.41 Å². The first kappa shape index (κ1) is 19.8. The average molecular weight is 440 g/mol. The van der Waals surface area contributed by atoms with Crippen molar-refractivity contribution in [3.63, 3.8) is 0 Å². The van der Waals surface area contributed by atoms with Crippen LogP contribution in [0.15, 0.2) is 81.1 Å². The van der Waals surface area contributed by atoms with Gasteiger partial charge in [-0.15, -0.1) is 0 Å². The lowest BCUT2D eigenvalue weighted by atomic mass is 10.2. The number of hydrogen-bond donors (Lipinski definition) is 0. The predicted octanol–water partition coefficient (Wildman–Crippen LogP) is 5.99. The third-order valence-corrected chi connectivity index (χ3v) is 6.50. The minimum atomic E-state index is -0.181. The van der Waals surface area contributed by atoms with Crippen LogP contribution < -0.4 is 9.64 Å². The van der Waals surface area contributed by atoms with Crippen molar-refractivity contribution in [1.82, 2.24) is 0 Å². The first-order valence-corrected chi connectivity index (χ1v) is 11.0. The molecule has 1 fully saturated rings. The summed E-state index contributed by atoms with van der Waals surface area (Å²) in [5.41, 5.74) is 1.87. The molecule has 1 amide bonds. The van der Waals surface area contributed by atoms with E-state index in [0.717, 1.165) is 10.8 Å². The van der Waals surface area contributed by atoms with Crippen molar-refractivity contribution in [2.75, 3.05) is 12.0 Å². The normalized spacial score (nSPS) is 15.3. The van der Waals surface area contributed by atoms with Crippen LogP contribution in [0, 0.1) is 0 Å². The summed E-state index contributed by atoms with van der Waals surface area (Å²) in [6.07, 6.45) is 1.74. The lowest BCUT2D eigenvalue weighted by Crippen LogP contribution is -2.27.